The lowest BCUT2D eigenvalue weighted by Gasteiger charge is -2.03. The van der Waals surface area contributed by atoms with Crippen molar-refractivity contribution in [2.75, 3.05) is 7.11 Å². The zero-order valence-electron chi connectivity index (χ0n) is 7.77. The van der Waals surface area contributed by atoms with Crippen LogP contribution in [0.25, 0.3) is 10.9 Å². The molecule has 0 atom stereocenters. The zero-order chi connectivity index (χ0) is 10.8. The van der Waals surface area contributed by atoms with Gasteiger partial charge in [0.05, 0.1) is 23.3 Å². The molecule has 0 radical (unpaired) electrons. The molecule has 2 aromatic rings. The quantitative estimate of drug-likeness (QED) is 0.785. The summed E-state index contributed by atoms with van der Waals surface area (Å²) in [6.45, 7) is 0. The van der Waals surface area contributed by atoms with Crippen LogP contribution < -0.4 is 4.74 Å². The van der Waals surface area contributed by atoms with Crippen molar-refractivity contribution in [2.24, 2.45) is 5.18 Å². The Bertz CT molecular complexity index is 530. The highest BCUT2D eigenvalue weighted by Crippen LogP contribution is 2.33. The molecule has 5 nitrogen and oxygen atoms in total. The number of aromatic nitrogens is 2. The molecule has 0 aliphatic carbocycles. The number of hydrogen-bond donors (Lipinski definition) is 0. The minimum absolute atomic E-state index is 0.306. The highest BCUT2D eigenvalue weighted by atomic mass is 79.9. The monoisotopic (exact) mass is 267 g/mol. The summed E-state index contributed by atoms with van der Waals surface area (Å²) in [6, 6.07) is 1.63. The maximum absolute atomic E-state index is 10.7. The third kappa shape index (κ3) is 1.68. The second-order valence-corrected chi connectivity index (χ2v) is 3.64. The fourth-order valence-electron chi connectivity index (χ4n) is 1.24. The Balaban J connectivity index is 2.81. The van der Waals surface area contributed by atoms with E-state index < -0.39 is 0 Å². The van der Waals surface area contributed by atoms with Crippen molar-refractivity contribution in [3.05, 3.63) is 27.8 Å². The SMILES string of the molecule is COc1cc2c(N=O)c(Br)cnc2cn1. The normalized spacial score (nSPS) is 10.3. The number of rotatable bonds is 2. The summed E-state index contributed by atoms with van der Waals surface area (Å²) in [5.41, 5.74) is 0.911. The van der Waals surface area contributed by atoms with Crippen molar-refractivity contribution < 1.29 is 4.74 Å². The van der Waals surface area contributed by atoms with Crippen molar-refractivity contribution >= 4 is 32.5 Å². The van der Waals surface area contributed by atoms with Crippen LogP contribution >= 0.6 is 15.9 Å². The van der Waals surface area contributed by atoms with Gasteiger partial charge in [0.25, 0.3) is 0 Å². The molecule has 0 saturated carbocycles. The minimum atomic E-state index is 0.306. The van der Waals surface area contributed by atoms with Gasteiger partial charge in [0.1, 0.15) is 5.69 Å². The van der Waals surface area contributed by atoms with Gasteiger partial charge in [-0.2, -0.15) is 0 Å². The summed E-state index contributed by atoms with van der Waals surface area (Å²) in [5, 5.41) is 3.57. The molecular weight excluding hydrogens is 262 g/mol. The molecule has 0 bridgehead atoms. The molecule has 2 rings (SSSR count). The first-order valence-corrected chi connectivity index (χ1v) is 4.87. The molecule has 6 heteroatoms. The molecule has 0 aliphatic heterocycles. The van der Waals surface area contributed by atoms with Gasteiger partial charge in [0.15, 0.2) is 0 Å². The van der Waals surface area contributed by atoms with Crippen LogP contribution in [0.15, 0.2) is 28.1 Å². The van der Waals surface area contributed by atoms with Crippen LogP contribution in [0.1, 0.15) is 0 Å². The van der Waals surface area contributed by atoms with E-state index in [0.717, 1.165) is 0 Å². The number of nitroso groups, excluding NO2 is 1. The van der Waals surface area contributed by atoms with E-state index in [9.17, 15) is 4.91 Å². The highest BCUT2D eigenvalue weighted by molar-refractivity contribution is 9.10. The summed E-state index contributed by atoms with van der Waals surface area (Å²) in [6.07, 6.45) is 3.06. The maximum Gasteiger partial charge on any atom is 0.213 e. The molecule has 0 saturated heterocycles. The molecule has 0 N–H and O–H groups in total. The molecule has 2 heterocycles. The largest absolute Gasteiger partial charge is 0.481 e. The lowest BCUT2D eigenvalue weighted by Crippen LogP contribution is -1.88. The van der Waals surface area contributed by atoms with E-state index in [1.165, 1.54) is 19.5 Å². The summed E-state index contributed by atoms with van der Waals surface area (Å²) in [7, 11) is 1.51. The number of fused-ring (bicyclic) bond motifs is 1. The number of ether oxygens (including phenoxy) is 1. The van der Waals surface area contributed by atoms with Crippen molar-refractivity contribution in [2.45, 2.75) is 0 Å². The number of methoxy groups -OCH3 is 1. The first-order valence-electron chi connectivity index (χ1n) is 4.08. The molecule has 0 aliphatic rings. The molecule has 15 heavy (non-hydrogen) atoms. The highest BCUT2D eigenvalue weighted by Gasteiger charge is 2.09. The van der Waals surface area contributed by atoms with E-state index >= 15 is 0 Å². The third-order valence-corrected chi connectivity index (χ3v) is 2.54. The summed E-state index contributed by atoms with van der Waals surface area (Å²) < 4.78 is 5.52. The lowest BCUT2D eigenvalue weighted by molar-refractivity contribution is 0.398. The Morgan fingerprint density at radius 1 is 1.40 bits per heavy atom. The third-order valence-electron chi connectivity index (χ3n) is 1.96. The molecular formula is C9H6BrN3O2. The average molecular weight is 268 g/mol. The second-order valence-electron chi connectivity index (χ2n) is 2.79. The standard InChI is InChI=1S/C9H6BrN3O2/c1-15-8-2-5-7(4-12-8)11-3-6(10)9(5)13-14/h2-4H,1H3. The Labute approximate surface area is 93.6 Å². The topological polar surface area (TPSA) is 64.4 Å². The van der Waals surface area contributed by atoms with Gasteiger partial charge in [0, 0.05) is 17.6 Å². The number of hydrogen-bond acceptors (Lipinski definition) is 5. The Morgan fingerprint density at radius 2 is 2.20 bits per heavy atom. The van der Waals surface area contributed by atoms with Gasteiger partial charge in [-0.3, -0.25) is 4.98 Å². The molecule has 0 amide bonds. The minimum Gasteiger partial charge on any atom is -0.481 e. The first kappa shape index (κ1) is 9.97. The van der Waals surface area contributed by atoms with Crippen molar-refractivity contribution in [3.8, 4) is 5.88 Å². The van der Waals surface area contributed by atoms with E-state index in [2.05, 4.69) is 31.1 Å². The number of halogens is 1. The molecule has 0 spiro atoms. The van der Waals surface area contributed by atoms with E-state index in [4.69, 9.17) is 4.74 Å². The summed E-state index contributed by atoms with van der Waals surface area (Å²) in [5.74, 6) is 0.423. The molecule has 76 valence electrons. The van der Waals surface area contributed by atoms with Crippen molar-refractivity contribution in [1.82, 2.24) is 9.97 Å². The van der Waals surface area contributed by atoms with E-state index in [0.29, 0.717) is 26.9 Å². The summed E-state index contributed by atoms with van der Waals surface area (Å²) in [4.78, 5) is 18.8. The second kappa shape index (κ2) is 3.90. The lowest BCUT2D eigenvalue weighted by atomic mass is 10.2. The number of nitrogens with zero attached hydrogens (tertiary/aromatic N) is 3. The Hall–Kier alpha value is -1.56. The van der Waals surface area contributed by atoms with Crippen LogP contribution in [0.3, 0.4) is 0 Å². The fraction of sp³-hybridized carbons (Fsp3) is 0.111. The molecule has 0 aromatic carbocycles. The molecule has 0 unspecified atom stereocenters. The van der Waals surface area contributed by atoms with E-state index in [1.54, 1.807) is 6.07 Å². The van der Waals surface area contributed by atoms with Gasteiger partial charge in [-0.25, -0.2) is 4.98 Å². The van der Waals surface area contributed by atoms with Gasteiger partial charge < -0.3 is 4.74 Å². The average Bonchev–Trinajstić information content (AvgIpc) is 2.28. The van der Waals surface area contributed by atoms with E-state index in [-0.39, 0.29) is 0 Å². The molecule has 2 aromatic heterocycles. The van der Waals surface area contributed by atoms with Crippen LogP contribution in [-0.2, 0) is 0 Å². The van der Waals surface area contributed by atoms with Gasteiger partial charge in [-0.05, 0) is 21.1 Å². The molecule has 0 fully saturated rings. The Morgan fingerprint density at radius 3 is 2.87 bits per heavy atom. The summed E-state index contributed by atoms with van der Waals surface area (Å²) >= 11 is 3.21. The van der Waals surface area contributed by atoms with Crippen molar-refractivity contribution in [1.29, 1.82) is 0 Å². The number of pyridine rings is 2. The Kier molecular flexibility index (Phi) is 2.59. The van der Waals surface area contributed by atoms with Crippen LogP contribution in [0.2, 0.25) is 0 Å². The fourth-order valence-corrected chi connectivity index (χ4v) is 1.63. The smallest absolute Gasteiger partial charge is 0.213 e. The van der Waals surface area contributed by atoms with Gasteiger partial charge in [-0.1, -0.05) is 0 Å². The maximum atomic E-state index is 10.7. The predicted molar refractivity (Wildman–Crippen MR) is 59.2 cm³/mol. The van der Waals surface area contributed by atoms with Gasteiger partial charge >= 0.3 is 0 Å². The van der Waals surface area contributed by atoms with E-state index in [1.807, 2.05) is 0 Å². The first-order chi connectivity index (χ1) is 7.26. The van der Waals surface area contributed by atoms with Gasteiger partial charge in [-0.15, -0.1) is 4.91 Å². The van der Waals surface area contributed by atoms with Crippen LogP contribution in [0, 0.1) is 4.91 Å². The zero-order valence-corrected chi connectivity index (χ0v) is 9.35. The van der Waals surface area contributed by atoms with Gasteiger partial charge in [0.2, 0.25) is 5.88 Å². The van der Waals surface area contributed by atoms with Crippen molar-refractivity contribution in [3.63, 3.8) is 0 Å². The predicted octanol–water partition coefficient (Wildman–Crippen LogP) is 2.80. The van der Waals surface area contributed by atoms with Crippen LogP contribution in [0.4, 0.5) is 5.69 Å². The van der Waals surface area contributed by atoms with Crippen LogP contribution in [-0.4, -0.2) is 17.1 Å². The van der Waals surface area contributed by atoms with Crippen LogP contribution in [0.5, 0.6) is 5.88 Å².